The number of rotatable bonds is 2. The topological polar surface area (TPSA) is 21.6 Å². The number of fused-ring (bicyclic) bond motifs is 1. The summed E-state index contributed by atoms with van der Waals surface area (Å²) in [6, 6.07) is 8.39. The van der Waals surface area contributed by atoms with Gasteiger partial charge in [-0.15, -0.1) is 5.16 Å². The highest BCUT2D eigenvalue weighted by atomic mass is 16.6. The van der Waals surface area contributed by atoms with Crippen LogP contribution < -0.4 is 0 Å². The molecule has 68 valence electrons. The quantitative estimate of drug-likeness (QED) is 0.500. The standard InChI is InChI=1S/C11H13NO/c1-12-13-11-8-4-6-9-5-2-3-7-10(9)11/h2-3,5,7,11H,1,4,6,8H2. The first-order chi connectivity index (χ1) is 6.42. The lowest BCUT2D eigenvalue weighted by atomic mass is 9.90. The number of benzene rings is 1. The highest BCUT2D eigenvalue weighted by Gasteiger charge is 2.20. The molecular weight excluding hydrogens is 162 g/mol. The summed E-state index contributed by atoms with van der Waals surface area (Å²) in [5.41, 5.74) is 2.67. The molecule has 0 aliphatic heterocycles. The zero-order valence-electron chi connectivity index (χ0n) is 7.57. The van der Waals surface area contributed by atoms with E-state index in [-0.39, 0.29) is 6.10 Å². The number of hydrogen-bond donors (Lipinski definition) is 0. The minimum atomic E-state index is 0.127. The SMILES string of the molecule is C=NOC1CCCc2ccccc21. The van der Waals surface area contributed by atoms with E-state index < -0.39 is 0 Å². The first-order valence-electron chi connectivity index (χ1n) is 4.61. The van der Waals surface area contributed by atoms with Crippen molar-refractivity contribution < 1.29 is 4.84 Å². The third-order valence-electron chi connectivity index (χ3n) is 2.52. The molecule has 1 aliphatic rings. The van der Waals surface area contributed by atoms with E-state index in [0.717, 1.165) is 12.8 Å². The Morgan fingerprint density at radius 1 is 1.38 bits per heavy atom. The van der Waals surface area contributed by atoms with Gasteiger partial charge in [0.25, 0.3) is 0 Å². The lowest BCUT2D eigenvalue weighted by Crippen LogP contribution is -2.10. The Morgan fingerprint density at radius 3 is 3.08 bits per heavy atom. The molecule has 2 heteroatoms. The maximum atomic E-state index is 5.22. The molecule has 2 rings (SSSR count). The second-order valence-corrected chi connectivity index (χ2v) is 3.31. The molecule has 1 atom stereocenters. The highest BCUT2D eigenvalue weighted by Crippen LogP contribution is 2.32. The Morgan fingerprint density at radius 2 is 2.23 bits per heavy atom. The molecule has 1 aromatic carbocycles. The van der Waals surface area contributed by atoms with Gasteiger partial charge >= 0.3 is 0 Å². The Balaban J connectivity index is 2.31. The number of oxime groups is 1. The minimum Gasteiger partial charge on any atom is -0.388 e. The Kier molecular flexibility index (Phi) is 2.30. The van der Waals surface area contributed by atoms with Gasteiger partial charge in [0.15, 0.2) is 6.10 Å². The van der Waals surface area contributed by atoms with E-state index in [2.05, 4.69) is 30.1 Å². The molecule has 1 aromatic rings. The molecule has 2 nitrogen and oxygen atoms in total. The van der Waals surface area contributed by atoms with Crippen molar-refractivity contribution >= 4 is 6.72 Å². The normalized spacial score (nSPS) is 20.5. The molecular formula is C11H13NO. The molecule has 13 heavy (non-hydrogen) atoms. The van der Waals surface area contributed by atoms with Crippen LogP contribution in [0.25, 0.3) is 0 Å². The first-order valence-corrected chi connectivity index (χ1v) is 4.61. The molecule has 1 unspecified atom stereocenters. The van der Waals surface area contributed by atoms with Crippen LogP contribution in [0.1, 0.15) is 30.1 Å². The van der Waals surface area contributed by atoms with Gasteiger partial charge in [-0.05, 0) is 30.4 Å². The monoisotopic (exact) mass is 175 g/mol. The fourth-order valence-corrected chi connectivity index (χ4v) is 1.91. The lowest BCUT2D eigenvalue weighted by Gasteiger charge is -2.22. The summed E-state index contributed by atoms with van der Waals surface area (Å²) < 4.78 is 0. The van der Waals surface area contributed by atoms with Crippen molar-refractivity contribution in [1.29, 1.82) is 0 Å². The Labute approximate surface area is 78.2 Å². The van der Waals surface area contributed by atoms with E-state index in [9.17, 15) is 0 Å². The number of hydrogen-bond acceptors (Lipinski definition) is 2. The predicted molar refractivity (Wildman–Crippen MR) is 52.8 cm³/mol. The van der Waals surface area contributed by atoms with Crippen LogP contribution in [-0.4, -0.2) is 6.72 Å². The maximum Gasteiger partial charge on any atom is 0.152 e. The minimum absolute atomic E-state index is 0.127. The fraction of sp³-hybridized carbons (Fsp3) is 0.364. The lowest BCUT2D eigenvalue weighted by molar-refractivity contribution is 0.0479. The summed E-state index contributed by atoms with van der Waals surface area (Å²) in [6.45, 7) is 3.36. The molecule has 0 saturated carbocycles. The van der Waals surface area contributed by atoms with Crippen molar-refractivity contribution in [3.05, 3.63) is 35.4 Å². The third kappa shape index (κ3) is 1.57. The smallest absolute Gasteiger partial charge is 0.152 e. The van der Waals surface area contributed by atoms with Gasteiger partial charge in [-0.1, -0.05) is 24.3 Å². The summed E-state index contributed by atoms with van der Waals surface area (Å²) in [7, 11) is 0. The van der Waals surface area contributed by atoms with Gasteiger partial charge in [-0.3, -0.25) is 0 Å². The van der Waals surface area contributed by atoms with Gasteiger partial charge in [0.2, 0.25) is 0 Å². The molecule has 1 aliphatic carbocycles. The molecule has 0 N–H and O–H groups in total. The Hall–Kier alpha value is -1.31. The molecule has 0 spiro atoms. The summed E-state index contributed by atoms with van der Waals surface area (Å²) >= 11 is 0. The van der Waals surface area contributed by atoms with Crippen LogP contribution in [0.5, 0.6) is 0 Å². The number of aryl methyl sites for hydroxylation is 1. The van der Waals surface area contributed by atoms with Gasteiger partial charge in [0.1, 0.15) is 0 Å². The van der Waals surface area contributed by atoms with Gasteiger partial charge < -0.3 is 4.84 Å². The molecule has 0 amide bonds. The van der Waals surface area contributed by atoms with Crippen molar-refractivity contribution in [2.45, 2.75) is 25.4 Å². The second kappa shape index (κ2) is 3.60. The Bertz CT molecular complexity index is 309. The molecule has 0 aromatic heterocycles. The average molecular weight is 175 g/mol. The molecule has 0 radical (unpaired) electrons. The molecule has 0 fully saturated rings. The van der Waals surface area contributed by atoms with Crippen molar-refractivity contribution in [3.8, 4) is 0 Å². The van der Waals surface area contributed by atoms with E-state index in [1.807, 2.05) is 6.07 Å². The summed E-state index contributed by atoms with van der Waals surface area (Å²) in [5, 5.41) is 3.51. The summed E-state index contributed by atoms with van der Waals surface area (Å²) in [6.07, 6.45) is 3.52. The van der Waals surface area contributed by atoms with Gasteiger partial charge in [0, 0.05) is 6.72 Å². The van der Waals surface area contributed by atoms with Gasteiger partial charge in [0.05, 0.1) is 0 Å². The van der Waals surface area contributed by atoms with E-state index in [1.54, 1.807) is 0 Å². The van der Waals surface area contributed by atoms with E-state index >= 15 is 0 Å². The van der Waals surface area contributed by atoms with E-state index in [1.165, 1.54) is 17.5 Å². The predicted octanol–water partition coefficient (Wildman–Crippen LogP) is 2.70. The highest BCUT2D eigenvalue weighted by molar-refractivity contribution is 5.31. The van der Waals surface area contributed by atoms with Crippen LogP contribution in [-0.2, 0) is 11.3 Å². The van der Waals surface area contributed by atoms with Crippen LogP contribution in [0, 0.1) is 0 Å². The fourth-order valence-electron chi connectivity index (χ4n) is 1.91. The van der Waals surface area contributed by atoms with Crippen LogP contribution in [0.4, 0.5) is 0 Å². The summed E-state index contributed by atoms with van der Waals surface area (Å²) in [4.78, 5) is 5.22. The first kappa shape index (κ1) is 8.30. The maximum absolute atomic E-state index is 5.22. The van der Waals surface area contributed by atoms with Crippen LogP contribution in [0.2, 0.25) is 0 Å². The molecule has 0 saturated heterocycles. The van der Waals surface area contributed by atoms with Crippen LogP contribution >= 0.6 is 0 Å². The molecule has 0 bridgehead atoms. The largest absolute Gasteiger partial charge is 0.388 e. The number of nitrogens with zero attached hydrogens (tertiary/aromatic N) is 1. The van der Waals surface area contributed by atoms with Gasteiger partial charge in [-0.2, -0.15) is 0 Å². The third-order valence-corrected chi connectivity index (χ3v) is 2.52. The van der Waals surface area contributed by atoms with E-state index in [4.69, 9.17) is 4.84 Å². The summed E-state index contributed by atoms with van der Waals surface area (Å²) in [5.74, 6) is 0. The van der Waals surface area contributed by atoms with E-state index in [0.29, 0.717) is 0 Å². The molecule has 0 heterocycles. The van der Waals surface area contributed by atoms with Crippen molar-refractivity contribution in [3.63, 3.8) is 0 Å². The van der Waals surface area contributed by atoms with Crippen molar-refractivity contribution in [1.82, 2.24) is 0 Å². The zero-order valence-corrected chi connectivity index (χ0v) is 7.57. The van der Waals surface area contributed by atoms with Crippen molar-refractivity contribution in [2.75, 3.05) is 0 Å². The zero-order chi connectivity index (χ0) is 9.10. The van der Waals surface area contributed by atoms with Gasteiger partial charge in [-0.25, -0.2) is 0 Å². The second-order valence-electron chi connectivity index (χ2n) is 3.31. The van der Waals surface area contributed by atoms with Crippen LogP contribution in [0.15, 0.2) is 29.4 Å². The van der Waals surface area contributed by atoms with Crippen molar-refractivity contribution in [2.24, 2.45) is 5.16 Å². The average Bonchev–Trinajstić information content (AvgIpc) is 2.19. The van der Waals surface area contributed by atoms with Crippen LogP contribution in [0.3, 0.4) is 0 Å².